The fourth-order valence-corrected chi connectivity index (χ4v) is 0.647. The predicted molar refractivity (Wildman–Crippen MR) is 51.4 cm³/mol. The van der Waals surface area contributed by atoms with Crippen LogP contribution in [0.1, 0.15) is 20.8 Å². The molecule has 0 aliphatic carbocycles. The van der Waals surface area contributed by atoms with Crippen molar-refractivity contribution in [2.24, 2.45) is 5.92 Å². The van der Waals surface area contributed by atoms with Crippen molar-refractivity contribution in [3.63, 3.8) is 0 Å². The van der Waals surface area contributed by atoms with Gasteiger partial charge in [-0.1, -0.05) is 19.9 Å². The molecule has 3 heteroatoms. The zero-order chi connectivity index (χ0) is 10.3. The van der Waals surface area contributed by atoms with Gasteiger partial charge in [-0.05, 0) is 12.8 Å². The Balaban J connectivity index is 3.62. The maximum Gasteiger partial charge on any atom is 0.334 e. The lowest BCUT2D eigenvalue weighted by molar-refractivity contribution is -0.156. The highest BCUT2D eigenvalue weighted by Crippen LogP contribution is 1.98. The smallest absolute Gasteiger partial charge is 0.334 e. The lowest BCUT2D eigenvalue weighted by atomic mass is 10.2. The second-order valence-corrected chi connectivity index (χ2v) is 3.29. The van der Waals surface area contributed by atoms with E-state index in [9.17, 15) is 4.79 Å². The molecule has 0 heterocycles. The molecule has 0 aromatic heterocycles. The van der Waals surface area contributed by atoms with E-state index in [-0.39, 0.29) is 5.97 Å². The first kappa shape index (κ1) is 12.2. The highest BCUT2D eigenvalue weighted by Gasteiger charge is 2.14. The van der Waals surface area contributed by atoms with Crippen LogP contribution < -0.4 is 0 Å². The van der Waals surface area contributed by atoms with Crippen molar-refractivity contribution < 1.29 is 14.3 Å². The molecule has 0 bridgehead atoms. The molecule has 0 aromatic rings. The van der Waals surface area contributed by atoms with Gasteiger partial charge in [0.15, 0.2) is 6.10 Å². The van der Waals surface area contributed by atoms with Crippen LogP contribution in [0.25, 0.3) is 0 Å². The van der Waals surface area contributed by atoms with E-state index in [2.05, 4.69) is 6.58 Å². The summed E-state index contributed by atoms with van der Waals surface area (Å²) in [5, 5.41) is 0. The van der Waals surface area contributed by atoms with E-state index < -0.39 is 6.10 Å². The first-order chi connectivity index (χ1) is 6.07. The number of rotatable bonds is 6. The van der Waals surface area contributed by atoms with Crippen LogP contribution in [-0.4, -0.2) is 25.3 Å². The van der Waals surface area contributed by atoms with Crippen LogP contribution in [0.3, 0.4) is 0 Å². The minimum Gasteiger partial charge on any atom is -0.464 e. The quantitative estimate of drug-likeness (QED) is 0.468. The Morgan fingerprint density at radius 1 is 1.46 bits per heavy atom. The average Bonchev–Trinajstić information content (AvgIpc) is 2.10. The third kappa shape index (κ3) is 6.34. The summed E-state index contributed by atoms with van der Waals surface area (Å²) >= 11 is 0. The highest BCUT2D eigenvalue weighted by atomic mass is 16.6. The summed E-state index contributed by atoms with van der Waals surface area (Å²) in [4.78, 5) is 11.2. The number of hydrogen-bond acceptors (Lipinski definition) is 3. The van der Waals surface area contributed by atoms with Crippen LogP contribution >= 0.6 is 0 Å². The SMILES string of the molecule is C=CCO[C@H](C)C(=O)OCC(C)C. The van der Waals surface area contributed by atoms with Crippen LogP contribution in [0.15, 0.2) is 12.7 Å². The minimum absolute atomic E-state index is 0.310. The Bertz CT molecular complexity index is 164. The zero-order valence-corrected chi connectivity index (χ0v) is 8.58. The molecule has 0 radical (unpaired) electrons. The van der Waals surface area contributed by atoms with Crippen molar-refractivity contribution in [2.45, 2.75) is 26.9 Å². The molecule has 76 valence electrons. The van der Waals surface area contributed by atoms with Gasteiger partial charge in [-0.25, -0.2) is 4.79 Å². The third-order valence-corrected chi connectivity index (χ3v) is 1.35. The number of hydrogen-bond donors (Lipinski definition) is 0. The van der Waals surface area contributed by atoms with E-state index in [1.165, 1.54) is 0 Å². The van der Waals surface area contributed by atoms with Gasteiger partial charge in [0.1, 0.15) is 0 Å². The van der Waals surface area contributed by atoms with E-state index in [0.29, 0.717) is 19.1 Å². The fraction of sp³-hybridized carbons (Fsp3) is 0.700. The van der Waals surface area contributed by atoms with Crippen molar-refractivity contribution >= 4 is 5.97 Å². The summed E-state index contributed by atoms with van der Waals surface area (Å²) in [6.07, 6.45) is 1.10. The molecule has 0 aliphatic heterocycles. The summed E-state index contributed by atoms with van der Waals surface area (Å²) in [5.41, 5.74) is 0. The van der Waals surface area contributed by atoms with Gasteiger partial charge >= 0.3 is 5.97 Å². The summed E-state index contributed by atoms with van der Waals surface area (Å²) in [6, 6.07) is 0. The normalized spacial score (nSPS) is 12.6. The summed E-state index contributed by atoms with van der Waals surface area (Å²) in [7, 11) is 0. The summed E-state index contributed by atoms with van der Waals surface area (Å²) < 4.78 is 10.1. The maximum absolute atomic E-state index is 11.2. The topological polar surface area (TPSA) is 35.5 Å². The molecule has 0 unspecified atom stereocenters. The zero-order valence-electron chi connectivity index (χ0n) is 8.58. The molecule has 1 atom stereocenters. The Labute approximate surface area is 79.7 Å². The average molecular weight is 186 g/mol. The molecule has 0 aliphatic rings. The maximum atomic E-state index is 11.2. The Hall–Kier alpha value is -0.830. The molecular weight excluding hydrogens is 168 g/mol. The molecule has 0 fully saturated rings. The van der Waals surface area contributed by atoms with Gasteiger partial charge in [0.25, 0.3) is 0 Å². The van der Waals surface area contributed by atoms with Gasteiger partial charge in [-0.15, -0.1) is 6.58 Å². The molecule has 0 aromatic carbocycles. The van der Waals surface area contributed by atoms with E-state index in [1.807, 2.05) is 13.8 Å². The molecular formula is C10H18O3. The Morgan fingerprint density at radius 2 is 2.08 bits per heavy atom. The van der Waals surface area contributed by atoms with E-state index in [4.69, 9.17) is 9.47 Å². The largest absolute Gasteiger partial charge is 0.464 e. The van der Waals surface area contributed by atoms with Crippen molar-refractivity contribution in [3.05, 3.63) is 12.7 Å². The lowest BCUT2D eigenvalue weighted by Crippen LogP contribution is -2.24. The molecule has 3 nitrogen and oxygen atoms in total. The first-order valence-electron chi connectivity index (χ1n) is 4.47. The molecule has 0 saturated carbocycles. The fourth-order valence-electron chi connectivity index (χ4n) is 0.647. The van der Waals surface area contributed by atoms with Crippen LogP contribution in [0.5, 0.6) is 0 Å². The molecule has 0 N–H and O–H groups in total. The van der Waals surface area contributed by atoms with Crippen LogP contribution in [-0.2, 0) is 14.3 Å². The van der Waals surface area contributed by atoms with E-state index in [1.54, 1.807) is 13.0 Å². The molecule has 0 spiro atoms. The standard InChI is InChI=1S/C10H18O3/c1-5-6-12-9(4)10(11)13-7-8(2)3/h5,8-9H,1,6-7H2,2-4H3/t9-/m1/s1. The van der Waals surface area contributed by atoms with Crippen LogP contribution in [0, 0.1) is 5.92 Å². The van der Waals surface area contributed by atoms with Crippen molar-refractivity contribution in [3.8, 4) is 0 Å². The second kappa shape index (κ2) is 6.66. The predicted octanol–water partition coefficient (Wildman–Crippen LogP) is 1.78. The van der Waals surface area contributed by atoms with Gasteiger partial charge in [0.05, 0.1) is 13.2 Å². The van der Waals surface area contributed by atoms with Crippen LogP contribution in [0.2, 0.25) is 0 Å². The number of ether oxygens (including phenoxy) is 2. The summed E-state index contributed by atoms with van der Waals surface area (Å²) in [6.45, 7) is 9.96. The molecule has 0 amide bonds. The second-order valence-electron chi connectivity index (χ2n) is 3.29. The highest BCUT2D eigenvalue weighted by molar-refractivity contribution is 5.74. The van der Waals surface area contributed by atoms with E-state index in [0.717, 1.165) is 0 Å². The van der Waals surface area contributed by atoms with Gasteiger partial charge in [-0.2, -0.15) is 0 Å². The van der Waals surface area contributed by atoms with Crippen molar-refractivity contribution in [2.75, 3.05) is 13.2 Å². The molecule has 0 saturated heterocycles. The number of carbonyl (C=O) groups excluding carboxylic acids is 1. The third-order valence-electron chi connectivity index (χ3n) is 1.35. The van der Waals surface area contributed by atoms with Crippen molar-refractivity contribution in [1.82, 2.24) is 0 Å². The van der Waals surface area contributed by atoms with Gasteiger partial charge in [0.2, 0.25) is 0 Å². The summed E-state index contributed by atoms with van der Waals surface area (Å²) in [5.74, 6) is 0.0473. The molecule has 13 heavy (non-hydrogen) atoms. The Kier molecular flexibility index (Phi) is 6.24. The number of esters is 1. The van der Waals surface area contributed by atoms with E-state index >= 15 is 0 Å². The lowest BCUT2D eigenvalue weighted by Gasteiger charge is -2.12. The molecule has 0 rings (SSSR count). The van der Waals surface area contributed by atoms with Gasteiger partial charge in [-0.3, -0.25) is 0 Å². The van der Waals surface area contributed by atoms with Crippen LogP contribution in [0.4, 0.5) is 0 Å². The number of carbonyl (C=O) groups is 1. The van der Waals surface area contributed by atoms with Gasteiger partial charge < -0.3 is 9.47 Å². The van der Waals surface area contributed by atoms with Gasteiger partial charge in [0, 0.05) is 0 Å². The Morgan fingerprint density at radius 3 is 2.54 bits per heavy atom. The minimum atomic E-state index is -0.503. The monoisotopic (exact) mass is 186 g/mol. The van der Waals surface area contributed by atoms with Crippen molar-refractivity contribution in [1.29, 1.82) is 0 Å². The first-order valence-corrected chi connectivity index (χ1v) is 4.47.